The van der Waals surface area contributed by atoms with Crippen molar-refractivity contribution < 1.29 is 0 Å². The first-order valence-electron chi connectivity index (χ1n) is 3.90. The maximum absolute atomic E-state index is 5.24. The summed E-state index contributed by atoms with van der Waals surface area (Å²) in [5, 5.41) is 2.04. The van der Waals surface area contributed by atoms with Crippen LogP contribution in [0.4, 0.5) is 0 Å². The van der Waals surface area contributed by atoms with Crippen LogP contribution in [-0.4, -0.2) is 31.6 Å². The summed E-state index contributed by atoms with van der Waals surface area (Å²) in [4.78, 5) is 6.77. The molecule has 66 valence electrons. The molecule has 0 aromatic rings. The highest BCUT2D eigenvalue weighted by molar-refractivity contribution is 8.25. The van der Waals surface area contributed by atoms with Crippen molar-refractivity contribution >= 4 is 45.1 Å². The van der Waals surface area contributed by atoms with Crippen molar-refractivity contribution in [1.82, 2.24) is 4.90 Å². The van der Waals surface area contributed by atoms with Gasteiger partial charge in [0, 0.05) is 6.54 Å². The minimum absolute atomic E-state index is 0.363. The van der Waals surface area contributed by atoms with Crippen LogP contribution >= 0.6 is 35.7 Å². The fourth-order valence-electron chi connectivity index (χ4n) is 1.39. The number of hydrogen-bond donors (Lipinski definition) is 0. The van der Waals surface area contributed by atoms with E-state index in [9.17, 15) is 0 Å². The van der Waals surface area contributed by atoms with Gasteiger partial charge in [0.25, 0.3) is 0 Å². The summed E-state index contributed by atoms with van der Waals surface area (Å²) >= 11 is 8.80. The van der Waals surface area contributed by atoms with E-state index in [4.69, 9.17) is 12.2 Å². The Morgan fingerprint density at radius 2 is 2.33 bits per heavy atom. The third kappa shape index (κ3) is 1.28. The van der Waals surface area contributed by atoms with Gasteiger partial charge in [0.15, 0.2) is 0 Å². The Hall–Kier alpha value is 0.260. The standard InChI is InChI=1S/C7H10N2S3/c1-3-9-6-5(12-7(9)10)8-4(2)11-6/h5-6H,3H2,1-2H3. The van der Waals surface area contributed by atoms with Gasteiger partial charge in [-0.05, 0) is 13.8 Å². The summed E-state index contributed by atoms with van der Waals surface area (Å²) in [6.07, 6.45) is 0. The second-order valence-corrected chi connectivity index (χ2v) is 5.78. The number of thioether (sulfide) groups is 2. The average Bonchev–Trinajstić information content (AvgIpc) is 2.43. The zero-order valence-corrected chi connectivity index (χ0v) is 9.43. The van der Waals surface area contributed by atoms with Gasteiger partial charge in [-0.2, -0.15) is 0 Å². The van der Waals surface area contributed by atoms with Crippen LogP contribution in [0.15, 0.2) is 4.99 Å². The SMILES string of the molecule is CCN1C(=S)SC2N=C(C)SC21. The topological polar surface area (TPSA) is 15.6 Å². The van der Waals surface area contributed by atoms with E-state index in [1.807, 2.05) is 11.8 Å². The summed E-state index contributed by atoms with van der Waals surface area (Å²) in [5.41, 5.74) is 0. The van der Waals surface area contributed by atoms with Gasteiger partial charge in [-0.25, -0.2) is 0 Å². The largest absolute Gasteiger partial charge is 0.342 e. The van der Waals surface area contributed by atoms with Crippen LogP contribution in [0.5, 0.6) is 0 Å². The van der Waals surface area contributed by atoms with Gasteiger partial charge in [0.05, 0.1) is 5.04 Å². The Balaban J connectivity index is 2.18. The normalized spacial score (nSPS) is 34.0. The van der Waals surface area contributed by atoms with E-state index in [0.717, 1.165) is 10.9 Å². The Bertz CT molecular complexity index is 251. The minimum atomic E-state index is 0.363. The van der Waals surface area contributed by atoms with Crippen LogP contribution in [0.1, 0.15) is 13.8 Å². The van der Waals surface area contributed by atoms with Crippen molar-refractivity contribution in [1.29, 1.82) is 0 Å². The second-order valence-electron chi connectivity index (χ2n) is 2.72. The maximum Gasteiger partial charge on any atom is 0.139 e. The van der Waals surface area contributed by atoms with Crippen molar-refractivity contribution in [2.45, 2.75) is 24.6 Å². The Kier molecular flexibility index (Phi) is 2.35. The molecule has 0 N–H and O–H groups in total. The molecule has 5 heteroatoms. The molecule has 12 heavy (non-hydrogen) atoms. The molecule has 2 nitrogen and oxygen atoms in total. The van der Waals surface area contributed by atoms with E-state index in [1.165, 1.54) is 5.04 Å². The third-order valence-electron chi connectivity index (χ3n) is 1.95. The number of hydrogen-bond acceptors (Lipinski definition) is 4. The first-order chi connectivity index (χ1) is 5.72. The monoisotopic (exact) mass is 218 g/mol. The number of likely N-dealkylation sites (N-methyl/N-ethyl adjacent to an activating group) is 1. The van der Waals surface area contributed by atoms with Crippen molar-refractivity contribution in [3.63, 3.8) is 0 Å². The molecule has 0 amide bonds. The van der Waals surface area contributed by atoms with Crippen LogP contribution in [0, 0.1) is 0 Å². The van der Waals surface area contributed by atoms with Crippen LogP contribution in [0.25, 0.3) is 0 Å². The Morgan fingerprint density at radius 3 is 3.00 bits per heavy atom. The molecule has 2 heterocycles. The van der Waals surface area contributed by atoms with Gasteiger partial charge in [-0.1, -0.05) is 35.7 Å². The molecule has 0 aromatic heterocycles. The number of rotatable bonds is 1. The van der Waals surface area contributed by atoms with Gasteiger partial charge in [0.2, 0.25) is 0 Å². The Labute approximate surface area is 86.2 Å². The quantitative estimate of drug-likeness (QED) is 0.626. The predicted octanol–water partition coefficient (Wildman–Crippen LogP) is 2.16. The highest BCUT2D eigenvalue weighted by Crippen LogP contribution is 2.43. The molecule has 0 aromatic carbocycles. The molecule has 2 aliphatic heterocycles. The summed E-state index contributed by atoms with van der Waals surface area (Å²) in [6.45, 7) is 5.21. The van der Waals surface area contributed by atoms with Gasteiger partial charge in [0.1, 0.15) is 15.1 Å². The van der Waals surface area contributed by atoms with Crippen molar-refractivity contribution in [2.75, 3.05) is 6.54 Å². The fraction of sp³-hybridized carbons (Fsp3) is 0.714. The fourth-order valence-corrected chi connectivity index (χ4v) is 4.61. The predicted molar refractivity (Wildman–Crippen MR) is 60.8 cm³/mol. The molecule has 1 fully saturated rings. The highest BCUT2D eigenvalue weighted by atomic mass is 32.2. The number of thiocarbonyl (C=S) groups is 1. The van der Waals surface area contributed by atoms with Crippen molar-refractivity contribution in [2.24, 2.45) is 4.99 Å². The number of fused-ring (bicyclic) bond motifs is 1. The van der Waals surface area contributed by atoms with Gasteiger partial charge >= 0.3 is 0 Å². The first-order valence-corrected chi connectivity index (χ1v) is 6.07. The van der Waals surface area contributed by atoms with Crippen LogP contribution in [0.2, 0.25) is 0 Å². The first kappa shape index (κ1) is 8.84. The lowest BCUT2D eigenvalue weighted by molar-refractivity contribution is 0.440. The molecular weight excluding hydrogens is 208 g/mol. The lowest BCUT2D eigenvalue weighted by Gasteiger charge is -2.20. The molecule has 1 saturated heterocycles. The molecular formula is C7H10N2S3. The zero-order valence-electron chi connectivity index (χ0n) is 6.98. The summed E-state index contributed by atoms with van der Waals surface area (Å²) < 4.78 is 1.01. The third-order valence-corrected chi connectivity index (χ3v) is 4.88. The van der Waals surface area contributed by atoms with Crippen LogP contribution in [-0.2, 0) is 0 Å². The molecule has 2 atom stereocenters. The molecule has 2 rings (SSSR count). The van der Waals surface area contributed by atoms with Crippen LogP contribution in [0.3, 0.4) is 0 Å². The summed E-state index contributed by atoms with van der Waals surface area (Å²) in [7, 11) is 0. The number of aliphatic imine (C=N–C) groups is 1. The minimum Gasteiger partial charge on any atom is -0.342 e. The summed E-state index contributed by atoms with van der Waals surface area (Å²) in [5.74, 6) is 0. The molecule has 0 aliphatic carbocycles. The lowest BCUT2D eigenvalue weighted by atomic mass is 10.5. The molecule has 0 radical (unpaired) electrons. The number of nitrogens with zero attached hydrogens (tertiary/aromatic N) is 2. The van der Waals surface area contributed by atoms with Crippen LogP contribution < -0.4 is 0 Å². The Morgan fingerprint density at radius 1 is 1.58 bits per heavy atom. The smallest absolute Gasteiger partial charge is 0.139 e. The average molecular weight is 218 g/mol. The van der Waals surface area contributed by atoms with E-state index in [-0.39, 0.29) is 0 Å². The van der Waals surface area contributed by atoms with E-state index in [1.54, 1.807) is 11.8 Å². The zero-order chi connectivity index (χ0) is 8.72. The van der Waals surface area contributed by atoms with E-state index >= 15 is 0 Å². The van der Waals surface area contributed by atoms with E-state index in [2.05, 4.69) is 23.7 Å². The second kappa shape index (κ2) is 3.20. The highest BCUT2D eigenvalue weighted by Gasteiger charge is 2.41. The van der Waals surface area contributed by atoms with Crippen molar-refractivity contribution in [3.05, 3.63) is 0 Å². The molecule has 0 bridgehead atoms. The molecule has 2 unspecified atom stereocenters. The molecule has 0 saturated carbocycles. The van der Waals surface area contributed by atoms with E-state index in [0.29, 0.717) is 10.7 Å². The van der Waals surface area contributed by atoms with Gasteiger partial charge in [-0.3, -0.25) is 4.99 Å². The summed E-state index contributed by atoms with van der Waals surface area (Å²) in [6, 6.07) is 0. The lowest BCUT2D eigenvalue weighted by Crippen LogP contribution is -2.31. The van der Waals surface area contributed by atoms with E-state index < -0.39 is 0 Å². The molecule has 2 aliphatic rings. The van der Waals surface area contributed by atoms with Crippen molar-refractivity contribution in [3.8, 4) is 0 Å². The maximum atomic E-state index is 5.24. The van der Waals surface area contributed by atoms with Gasteiger partial charge < -0.3 is 4.90 Å². The van der Waals surface area contributed by atoms with Gasteiger partial charge in [-0.15, -0.1) is 0 Å². The molecule has 0 spiro atoms.